The second-order valence-corrected chi connectivity index (χ2v) is 8.85. The number of nitrogens with one attached hydrogen (secondary N) is 1. The summed E-state index contributed by atoms with van der Waals surface area (Å²) in [6.07, 6.45) is 7.68. The van der Waals surface area contributed by atoms with Crippen molar-refractivity contribution in [3.63, 3.8) is 0 Å². The Morgan fingerprint density at radius 3 is 2.49 bits per heavy atom. The number of nitrogens with zero attached hydrogens (tertiary/aromatic N) is 1. The molecule has 170 valence electrons. The van der Waals surface area contributed by atoms with E-state index >= 15 is 0 Å². The minimum atomic E-state index is -0.139. The van der Waals surface area contributed by atoms with Gasteiger partial charge in [0, 0.05) is 47.3 Å². The average Bonchev–Trinajstić information content (AvgIpc) is 2.88. The molecular weight excluding hydrogens is 456 g/mol. The van der Waals surface area contributed by atoms with Gasteiger partial charge in [0.1, 0.15) is 0 Å². The van der Waals surface area contributed by atoms with Crippen molar-refractivity contribution in [3.8, 4) is 34.6 Å². The van der Waals surface area contributed by atoms with E-state index < -0.39 is 0 Å². The molecule has 0 aliphatic rings. The van der Waals surface area contributed by atoms with Crippen molar-refractivity contribution in [2.24, 2.45) is 7.05 Å². The minimum Gasteiger partial charge on any atom is -0.329 e. The van der Waals surface area contributed by atoms with E-state index in [1.165, 1.54) is 0 Å². The molecule has 0 radical (unpaired) electrons. The number of fused-ring (bicyclic) bond motifs is 1. The number of pyridine rings is 2. The van der Waals surface area contributed by atoms with E-state index in [9.17, 15) is 9.59 Å². The Hall–Kier alpha value is -4.33. The van der Waals surface area contributed by atoms with E-state index in [0.717, 1.165) is 44.3 Å². The Morgan fingerprint density at radius 1 is 0.914 bits per heavy atom. The zero-order valence-electron chi connectivity index (χ0n) is 19.0. The topological polar surface area (TPSA) is 54.9 Å². The molecule has 0 fully saturated rings. The van der Waals surface area contributed by atoms with E-state index in [2.05, 4.69) is 10.9 Å². The average molecular weight is 477 g/mol. The smallest absolute Gasteiger partial charge is 0.252 e. The van der Waals surface area contributed by atoms with Crippen molar-refractivity contribution in [1.82, 2.24) is 9.55 Å². The van der Waals surface area contributed by atoms with Crippen LogP contribution in [0.1, 0.15) is 16.7 Å². The lowest BCUT2D eigenvalue weighted by Crippen LogP contribution is -2.17. The first-order valence-corrected chi connectivity index (χ1v) is 11.5. The molecule has 5 heteroatoms. The molecule has 35 heavy (non-hydrogen) atoms. The molecule has 4 nitrogen and oxygen atoms in total. The van der Waals surface area contributed by atoms with E-state index in [4.69, 9.17) is 18.0 Å². The van der Waals surface area contributed by atoms with Gasteiger partial charge < -0.3 is 9.55 Å². The van der Waals surface area contributed by atoms with Gasteiger partial charge >= 0.3 is 0 Å². The third-order valence-corrected chi connectivity index (χ3v) is 6.50. The molecule has 0 atom stereocenters. The summed E-state index contributed by atoms with van der Waals surface area (Å²) in [5.74, 6) is 2.66. The van der Waals surface area contributed by atoms with E-state index in [0.29, 0.717) is 17.0 Å². The first kappa shape index (κ1) is 22.5. The van der Waals surface area contributed by atoms with Gasteiger partial charge in [-0.25, -0.2) is 0 Å². The summed E-state index contributed by atoms with van der Waals surface area (Å²) in [5, 5.41) is 1.56. The molecule has 2 aromatic heterocycles. The summed E-state index contributed by atoms with van der Waals surface area (Å²) in [6, 6.07) is 24.5. The third-order valence-electron chi connectivity index (χ3n) is 6.25. The van der Waals surface area contributed by atoms with Crippen molar-refractivity contribution in [3.05, 3.63) is 127 Å². The molecule has 1 N–H and O–H groups in total. The van der Waals surface area contributed by atoms with Gasteiger partial charge in [0.05, 0.1) is 5.52 Å². The van der Waals surface area contributed by atoms with Gasteiger partial charge in [-0.15, -0.1) is 6.42 Å². The van der Waals surface area contributed by atoms with Gasteiger partial charge in [0.2, 0.25) is 0 Å². The summed E-state index contributed by atoms with van der Waals surface area (Å²) < 4.78 is 1.63. The quantitative estimate of drug-likeness (QED) is 0.334. The number of H-pyrrole nitrogens is 1. The van der Waals surface area contributed by atoms with Gasteiger partial charge in [0.25, 0.3) is 11.1 Å². The number of hydrogen-bond donors (Lipinski definition) is 1. The number of aryl methyl sites for hydroxylation is 1. The number of aromatic amines is 1. The Morgan fingerprint density at radius 2 is 1.71 bits per heavy atom. The van der Waals surface area contributed by atoms with Crippen LogP contribution in [0.15, 0.2) is 94.6 Å². The van der Waals surface area contributed by atoms with Crippen LogP contribution in [0.5, 0.6) is 0 Å². The zero-order valence-corrected chi connectivity index (χ0v) is 19.8. The van der Waals surface area contributed by atoms with Gasteiger partial charge in [0.15, 0.2) is 0 Å². The predicted molar refractivity (Wildman–Crippen MR) is 143 cm³/mol. The molecule has 0 bridgehead atoms. The van der Waals surface area contributed by atoms with Crippen LogP contribution in [0.3, 0.4) is 0 Å². The van der Waals surface area contributed by atoms with E-state index in [-0.39, 0.29) is 11.1 Å². The highest BCUT2D eigenvalue weighted by Crippen LogP contribution is 2.30. The lowest BCUT2D eigenvalue weighted by Gasteiger charge is -2.14. The highest BCUT2D eigenvalue weighted by molar-refractivity contribution is 6.30. The highest BCUT2D eigenvalue weighted by Gasteiger charge is 2.14. The maximum absolute atomic E-state index is 12.9. The summed E-state index contributed by atoms with van der Waals surface area (Å²) in [7, 11) is 1.76. The zero-order chi connectivity index (χ0) is 24.5. The van der Waals surface area contributed by atoms with Crippen molar-refractivity contribution in [2.75, 3.05) is 0 Å². The summed E-state index contributed by atoms with van der Waals surface area (Å²) in [4.78, 5) is 28.4. The number of halogens is 1. The van der Waals surface area contributed by atoms with Crippen LogP contribution in [-0.4, -0.2) is 9.55 Å². The first-order chi connectivity index (χ1) is 16.9. The number of rotatable bonds is 4. The van der Waals surface area contributed by atoms with Crippen LogP contribution in [-0.2, 0) is 13.5 Å². The fraction of sp³-hybridized carbons (Fsp3) is 0.0667. The number of terminal acetylenes is 1. The standard InChI is InChI=1S/C30H21ClN2O2/c1-3-19-5-4-6-22(15-19)25-18-29(34)33(2)28-12-7-20(16-26(25)28)17-27-24(13-14-32-30(27)35)21-8-10-23(31)11-9-21/h1,4-16,18H,17H2,2H3,(H,32,35). The predicted octanol–water partition coefficient (Wildman–Crippen LogP) is 5.79. The maximum atomic E-state index is 12.9. The van der Waals surface area contributed by atoms with Crippen LogP contribution in [0.4, 0.5) is 0 Å². The molecule has 0 saturated carbocycles. The lowest BCUT2D eigenvalue weighted by atomic mass is 9.94. The second kappa shape index (κ2) is 9.13. The Balaban J connectivity index is 1.67. The Kier molecular flexibility index (Phi) is 5.86. The minimum absolute atomic E-state index is 0.101. The molecule has 0 amide bonds. The molecule has 2 heterocycles. The normalized spacial score (nSPS) is 10.9. The number of aromatic nitrogens is 2. The van der Waals surface area contributed by atoms with Crippen LogP contribution < -0.4 is 11.1 Å². The van der Waals surface area contributed by atoms with Gasteiger partial charge in [-0.05, 0) is 70.3 Å². The van der Waals surface area contributed by atoms with Crippen molar-refractivity contribution in [2.45, 2.75) is 6.42 Å². The van der Waals surface area contributed by atoms with E-state index in [1.807, 2.05) is 72.8 Å². The molecule has 5 aromatic rings. The van der Waals surface area contributed by atoms with E-state index in [1.54, 1.807) is 23.9 Å². The summed E-state index contributed by atoms with van der Waals surface area (Å²) in [5.41, 5.74) is 6.39. The molecule has 0 aliphatic carbocycles. The Labute approximate surface area is 207 Å². The third kappa shape index (κ3) is 4.30. The van der Waals surface area contributed by atoms with Crippen molar-refractivity contribution < 1.29 is 0 Å². The molecule has 0 unspecified atom stereocenters. The second-order valence-electron chi connectivity index (χ2n) is 8.41. The molecule has 0 spiro atoms. The van der Waals surface area contributed by atoms with Gasteiger partial charge in [-0.1, -0.05) is 47.9 Å². The summed E-state index contributed by atoms with van der Waals surface area (Å²) in [6.45, 7) is 0. The number of benzene rings is 3. The Bertz CT molecular complexity index is 1740. The first-order valence-electron chi connectivity index (χ1n) is 11.1. The largest absolute Gasteiger partial charge is 0.329 e. The maximum Gasteiger partial charge on any atom is 0.252 e. The molecule has 3 aromatic carbocycles. The SMILES string of the molecule is C#Cc1cccc(-c2cc(=O)n(C)c3ccc(Cc4c(-c5ccc(Cl)cc5)cc[nH]c4=O)cc23)c1. The molecule has 0 saturated heterocycles. The van der Waals surface area contributed by atoms with Crippen LogP contribution in [0.25, 0.3) is 33.2 Å². The number of hydrogen-bond acceptors (Lipinski definition) is 2. The van der Waals surface area contributed by atoms with Gasteiger partial charge in [-0.3, -0.25) is 9.59 Å². The van der Waals surface area contributed by atoms with Crippen LogP contribution in [0.2, 0.25) is 5.02 Å². The van der Waals surface area contributed by atoms with Gasteiger partial charge in [-0.2, -0.15) is 0 Å². The van der Waals surface area contributed by atoms with Crippen LogP contribution >= 0.6 is 11.6 Å². The van der Waals surface area contributed by atoms with Crippen LogP contribution in [0, 0.1) is 12.3 Å². The van der Waals surface area contributed by atoms with Crippen molar-refractivity contribution in [1.29, 1.82) is 0 Å². The lowest BCUT2D eigenvalue weighted by molar-refractivity contribution is 0.906. The molecule has 0 aliphatic heterocycles. The summed E-state index contributed by atoms with van der Waals surface area (Å²) >= 11 is 6.06. The molecule has 5 rings (SSSR count). The van der Waals surface area contributed by atoms with Crippen molar-refractivity contribution >= 4 is 22.5 Å². The highest BCUT2D eigenvalue weighted by atomic mass is 35.5. The fourth-order valence-electron chi connectivity index (χ4n) is 4.42. The fourth-order valence-corrected chi connectivity index (χ4v) is 4.55. The molecular formula is C30H21ClN2O2. The monoisotopic (exact) mass is 476 g/mol.